The molecule has 26 heavy (non-hydrogen) atoms. The Hall–Kier alpha value is -2.47. The number of nitrogens with one attached hydrogen (secondary N) is 1. The molecule has 3 rings (SSSR count). The molecule has 1 fully saturated rings. The van der Waals surface area contributed by atoms with Gasteiger partial charge in [-0.05, 0) is 42.7 Å². The van der Waals surface area contributed by atoms with Crippen LogP contribution in [0.2, 0.25) is 0 Å². The van der Waals surface area contributed by atoms with Crippen LogP contribution in [-0.2, 0) is 4.79 Å². The van der Waals surface area contributed by atoms with Gasteiger partial charge in [0.1, 0.15) is 0 Å². The third-order valence-electron chi connectivity index (χ3n) is 4.38. The molecule has 2 aromatic rings. The van der Waals surface area contributed by atoms with E-state index >= 15 is 0 Å². The van der Waals surface area contributed by atoms with E-state index in [9.17, 15) is 9.59 Å². The number of likely N-dealkylation sites (tertiary alicyclic amines) is 1. The summed E-state index contributed by atoms with van der Waals surface area (Å²) in [4.78, 5) is 30.3. The number of amides is 2. The van der Waals surface area contributed by atoms with E-state index in [0.717, 1.165) is 22.9 Å². The molecule has 0 aliphatic carbocycles. The summed E-state index contributed by atoms with van der Waals surface area (Å²) in [7, 11) is 0. The predicted octanol–water partition coefficient (Wildman–Crippen LogP) is 3.28. The van der Waals surface area contributed by atoms with Crippen molar-refractivity contribution in [2.75, 3.05) is 13.1 Å². The van der Waals surface area contributed by atoms with Gasteiger partial charge in [0.25, 0.3) is 5.91 Å². The maximum Gasteiger partial charge on any atom is 0.253 e. The number of hydrogen-bond donors (Lipinski definition) is 1. The number of carbonyl (C=O) groups excluding carboxylic acids is 2. The smallest absolute Gasteiger partial charge is 0.253 e. The lowest BCUT2D eigenvalue weighted by atomic mass is 10.0. The summed E-state index contributed by atoms with van der Waals surface area (Å²) in [5, 5.41) is 3.02. The van der Waals surface area contributed by atoms with Gasteiger partial charge < -0.3 is 10.2 Å². The molecule has 0 unspecified atom stereocenters. The molecule has 2 amide bonds. The zero-order chi connectivity index (χ0) is 18.4. The number of nitrogens with zero attached hydrogens (tertiary/aromatic N) is 2. The molecular weight excluding hydrogens is 394 g/mol. The van der Waals surface area contributed by atoms with Gasteiger partial charge in [-0.3, -0.25) is 14.6 Å². The number of rotatable bonds is 4. The first-order valence-electron chi connectivity index (χ1n) is 8.56. The van der Waals surface area contributed by atoms with Gasteiger partial charge in [-0.15, -0.1) is 0 Å². The van der Waals surface area contributed by atoms with Crippen molar-refractivity contribution < 1.29 is 9.59 Å². The third-order valence-corrected chi connectivity index (χ3v) is 5.10. The van der Waals surface area contributed by atoms with Crippen molar-refractivity contribution in [3.63, 3.8) is 0 Å². The average molecular weight is 414 g/mol. The molecule has 0 bridgehead atoms. The molecule has 1 N–H and O–H groups in total. The summed E-state index contributed by atoms with van der Waals surface area (Å²) in [6, 6.07) is 11.3. The van der Waals surface area contributed by atoms with Crippen LogP contribution in [0.25, 0.3) is 6.08 Å². The van der Waals surface area contributed by atoms with Gasteiger partial charge >= 0.3 is 0 Å². The fraction of sp³-hybridized carbons (Fsp3) is 0.250. The van der Waals surface area contributed by atoms with E-state index in [1.54, 1.807) is 30.6 Å². The van der Waals surface area contributed by atoms with Crippen molar-refractivity contribution in [3.8, 4) is 0 Å². The fourth-order valence-corrected chi connectivity index (χ4v) is 3.30. The zero-order valence-electron chi connectivity index (χ0n) is 14.3. The molecule has 5 nitrogen and oxygen atoms in total. The van der Waals surface area contributed by atoms with Crippen LogP contribution in [0.15, 0.2) is 59.3 Å². The van der Waals surface area contributed by atoms with E-state index in [1.807, 2.05) is 35.2 Å². The summed E-state index contributed by atoms with van der Waals surface area (Å²) < 4.78 is 0.959. The Morgan fingerprint density at radius 3 is 2.62 bits per heavy atom. The first-order valence-corrected chi connectivity index (χ1v) is 9.35. The number of benzene rings is 1. The highest BCUT2D eigenvalue weighted by Crippen LogP contribution is 2.18. The van der Waals surface area contributed by atoms with Crippen LogP contribution in [0.4, 0.5) is 0 Å². The Morgan fingerprint density at radius 1 is 1.15 bits per heavy atom. The highest BCUT2D eigenvalue weighted by Gasteiger charge is 2.23. The van der Waals surface area contributed by atoms with Crippen molar-refractivity contribution in [1.29, 1.82) is 0 Å². The Bertz CT molecular complexity index is 800. The Labute approximate surface area is 161 Å². The van der Waals surface area contributed by atoms with Crippen molar-refractivity contribution in [2.45, 2.75) is 18.9 Å². The van der Waals surface area contributed by atoms with Crippen molar-refractivity contribution in [1.82, 2.24) is 15.2 Å². The molecule has 2 heterocycles. The summed E-state index contributed by atoms with van der Waals surface area (Å²) in [5.74, 6) is -0.116. The van der Waals surface area contributed by atoms with E-state index in [2.05, 4.69) is 26.2 Å². The van der Waals surface area contributed by atoms with Crippen molar-refractivity contribution in [3.05, 3.63) is 70.5 Å². The standard InChI is InChI=1S/C20H20BrN3O2/c21-18-6-2-1-4-15(18)7-8-19(25)24-12-9-17(10-13-24)23-20(26)16-5-3-11-22-14-16/h1-8,11,14,17H,9-10,12-13H2,(H,23,26)/b8-7+. The second-order valence-corrected chi connectivity index (χ2v) is 7.02. The number of halogens is 1. The van der Waals surface area contributed by atoms with Gasteiger partial charge in [-0.25, -0.2) is 0 Å². The quantitative estimate of drug-likeness (QED) is 0.782. The molecule has 1 aliphatic rings. The minimum Gasteiger partial charge on any atom is -0.349 e. The Morgan fingerprint density at radius 2 is 1.92 bits per heavy atom. The maximum atomic E-state index is 12.4. The molecular formula is C20H20BrN3O2. The SMILES string of the molecule is O=C(NC1CCN(C(=O)/C=C/c2ccccc2Br)CC1)c1cccnc1. The maximum absolute atomic E-state index is 12.4. The Balaban J connectivity index is 1.49. The van der Waals surface area contributed by atoms with E-state index in [1.165, 1.54) is 0 Å². The summed E-state index contributed by atoms with van der Waals surface area (Å²) in [6.45, 7) is 1.27. The van der Waals surface area contributed by atoms with Crippen LogP contribution in [-0.4, -0.2) is 40.8 Å². The van der Waals surface area contributed by atoms with Gasteiger partial charge in [0.05, 0.1) is 5.56 Å². The first-order chi connectivity index (χ1) is 12.6. The highest BCUT2D eigenvalue weighted by atomic mass is 79.9. The Kier molecular flexibility index (Phi) is 6.17. The van der Waals surface area contributed by atoms with Crippen molar-refractivity contribution >= 4 is 33.8 Å². The molecule has 1 aliphatic heterocycles. The molecule has 0 radical (unpaired) electrons. The average Bonchev–Trinajstić information content (AvgIpc) is 2.68. The van der Waals surface area contributed by atoms with Crippen LogP contribution in [0.3, 0.4) is 0 Å². The zero-order valence-corrected chi connectivity index (χ0v) is 15.9. The molecule has 0 saturated carbocycles. The summed E-state index contributed by atoms with van der Waals surface area (Å²) >= 11 is 3.47. The number of piperidine rings is 1. The van der Waals surface area contributed by atoms with Gasteiger partial charge in [0.2, 0.25) is 5.91 Å². The van der Waals surface area contributed by atoms with E-state index in [-0.39, 0.29) is 17.9 Å². The largest absolute Gasteiger partial charge is 0.349 e. The molecule has 0 spiro atoms. The highest BCUT2D eigenvalue weighted by molar-refractivity contribution is 9.10. The normalized spacial score (nSPS) is 15.2. The summed E-state index contributed by atoms with van der Waals surface area (Å²) in [5.41, 5.74) is 1.53. The minimum atomic E-state index is -0.114. The monoisotopic (exact) mass is 413 g/mol. The van der Waals surface area contributed by atoms with Gasteiger partial charge in [-0.2, -0.15) is 0 Å². The number of pyridine rings is 1. The second kappa shape index (κ2) is 8.76. The third kappa shape index (κ3) is 4.79. The van der Waals surface area contributed by atoms with E-state index < -0.39 is 0 Å². The number of carbonyl (C=O) groups is 2. The van der Waals surface area contributed by atoms with Crippen molar-refractivity contribution in [2.24, 2.45) is 0 Å². The molecule has 6 heteroatoms. The molecule has 134 valence electrons. The molecule has 1 saturated heterocycles. The predicted molar refractivity (Wildman–Crippen MR) is 104 cm³/mol. The summed E-state index contributed by atoms with van der Waals surface area (Å²) in [6.07, 6.45) is 8.13. The lowest BCUT2D eigenvalue weighted by Crippen LogP contribution is -2.46. The lowest BCUT2D eigenvalue weighted by Gasteiger charge is -2.31. The minimum absolute atomic E-state index is 0.00205. The van der Waals surface area contributed by atoms with Gasteiger partial charge in [0, 0.05) is 42.1 Å². The van der Waals surface area contributed by atoms with E-state index in [0.29, 0.717) is 18.7 Å². The molecule has 1 aromatic carbocycles. The molecule has 1 aromatic heterocycles. The lowest BCUT2D eigenvalue weighted by molar-refractivity contribution is -0.126. The first kappa shape index (κ1) is 18.3. The van der Waals surface area contributed by atoms with Gasteiger partial charge in [-0.1, -0.05) is 34.1 Å². The van der Waals surface area contributed by atoms with Crippen LogP contribution in [0.5, 0.6) is 0 Å². The molecule has 0 atom stereocenters. The van der Waals surface area contributed by atoms with Crippen LogP contribution in [0, 0.1) is 0 Å². The van der Waals surface area contributed by atoms with Crippen LogP contribution in [0.1, 0.15) is 28.8 Å². The number of hydrogen-bond acceptors (Lipinski definition) is 3. The van der Waals surface area contributed by atoms with Gasteiger partial charge in [0.15, 0.2) is 0 Å². The van der Waals surface area contributed by atoms with Crippen LogP contribution < -0.4 is 5.32 Å². The van der Waals surface area contributed by atoms with Crippen LogP contribution >= 0.6 is 15.9 Å². The fourth-order valence-electron chi connectivity index (χ4n) is 2.89. The number of aromatic nitrogens is 1. The second-order valence-electron chi connectivity index (χ2n) is 6.17. The van der Waals surface area contributed by atoms with E-state index in [4.69, 9.17) is 0 Å². The topological polar surface area (TPSA) is 62.3 Å².